The molecule has 3 N–H and O–H groups in total. The highest BCUT2D eigenvalue weighted by Crippen LogP contribution is 2.38. The molecule has 13 heavy (non-hydrogen) atoms. The van der Waals surface area contributed by atoms with Gasteiger partial charge in [-0.3, -0.25) is 4.98 Å². The molecule has 1 heterocycles. The Bertz CT molecular complexity index is 344. The summed E-state index contributed by atoms with van der Waals surface area (Å²) >= 11 is 0. The summed E-state index contributed by atoms with van der Waals surface area (Å²) in [7, 11) is 0. The smallest absolute Gasteiger partial charge is 0.170 e. The number of rotatable bonds is 2. The molecule has 0 aliphatic heterocycles. The van der Waals surface area contributed by atoms with E-state index in [0.29, 0.717) is 5.92 Å². The van der Waals surface area contributed by atoms with Gasteiger partial charge in [0.1, 0.15) is 0 Å². The predicted molar refractivity (Wildman–Crippen MR) is 48.7 cm³/mol. The first kappa shape index (κ1) is 8.04. The third-order valence-corrected chi connectivity index (χ3v) is 2.18. The molecule has 0 amide bonds. The molecule has 0 aromatic carbocycles. The summed E-state index contributed by atoms with van der Waals surface area (Å²) in [5, 5.41) is 11.4. The minimum absolute atomic E-state index is 0.143. The largest absolute Gasteiger partial charge is 0.409 e. The maximum Gasteiger partial charge on any atom is 0.170 e. The molecule has 0 saturated heterocycles. The minimum atomic E-state index is 0.143. The molecule has 4 heteroatoms. The second-order valence-corrected chi connectivity index (χ2v) is 3.23. The number of nitrogens with two attached hydrogens (primary N) is 1. The molecule has 1 fully saturated rings. The van der Waals surface area contributed by atoms with Crippen molar-refractivity contribution in [1.82, 2.24) is 4.98 Å². The molecule has 1 aromatic rings. The molecule has 0 bridgehead atoms. The van der Waals surface area contributed by atoms with Crippen LogP contribution in [-0.4, -0.2) is 16.0 Å². The molecule has 1 aliphatic rings. The van der Waals surface area contributed by atoms with Crippen LogP contribution in [0.5, 0.6) is 0 Å². The number of hydrogen-bond donors (Lipinski definition) is 2. The van der Waals surface area contributed by atoms with Gasteiger partial charge in [-0.2, -0.15) is 0 Å². The third-order valence-electron chi connectivity index (χ3n) is 2.18. The molecule has 1 aliphatic carbocycles. The highest BCUT2D eigenvalue weighted by atomic mass is 16.4. The van der Waals surface area contributed by atoms with Crippen LogP contribution >= 0.6 is 0 Å². The third kappa shape index (κ3) is 1.61. The lowest BCUT2D eigenvalue weighted by molar-refractivity contribution is 0.318. The number of pyridine rings is 1. The molecular formula is C9H11N3O. The van der Waals surface area contributed by atoms with Gasteiger partial charge in [-0.25, -0.2) is 0 Å². The molecular weight excluding hydrogens is 166 g/mol. The molecule has 2 rings (SSSR count). The zero-order valence-corrected chi connectivity index (χ0v) is 7.14. The summed E-state index contributed by atoms with van der Waals surface area (Å²) in [5.74, 6) is 0.732. The predicted octanol–water partition coefficient (Wildman–Crippen LogP) is 1.05. The van der Waals surface area contributed by atoms with Gasteiger partial charge in [0.05, 0.1) is 0 Å². The maximum atomic E-state index is 8.48. The summed E-state index contributed by atoms with van der Waals surface area (Å²) in [6, 6.07) is 3.62. The van der Waals surface area contributed by atoms with E-state index >= 15 is 0 Å². The lowest BCUT2D eigenvalue weighted by Gasteiger charge is -2.00. The van der Waals surface area contributed by atoms with Gasteiger partial charge in [0.2, 0.25) is 0 Å². The van der Waals surface area contributed by atoms with Crippen molar-refractivity contribution < 1.29 is 5.21 Å². The normalized spacial score (nSPS) is 17.4. The van der Waals surface area contributed by atoms with E-state index in [1.165, 1.54) is 12.8 Å². The van der Waals surface area contributed by atoms with Gasteiger partial charge in [-0.05, 0) is 25.0 Å². The fourth-order valence-corrected chi connectivity index (χ4v) is 1.27. The highest BCUT2D eigenvalue weighted by molar-refractivity contribution is 5.96. The van der Waals surface area contributed by atoms with Crippen molar-refractivity contribution in [1.29, 1.82) is 0 Å². The van der Waals surface area contributed by atoms with Gasteiger partial charge in [-0.1, -0.05) is 5.16 Å². The van der Waals surface area contributed by atoms with E-state index in [1.807, 2.05) is 6.07 Å². The molecule has 0 atom stereocenters. The number of hydrogen-bond acceptors (Lipinski definition) is 3. The second-order valence-electron chi connectivity index (χ2n) is 3.23. The Hall–Kier alpha value is -1.58. The summed E-state index contributed by atoms with van der Waals surface area (Å²) in [5.41, 5.74) is 7.24. The van der Waals surface area contributed by atoms with Gasteiger partial charge in [0, 0.05) is 23.4 Å². The Morgan fingerprint density at radius 1 is 1.62 bits per heavy atom. The molecule has 4 nitrogen and oxygen atoms in total. The van der Waals surface area contributed by atoms with E-state index in [-0.39, 0.29) is 5.84 Å². The fourth-order valence-electron chi connectivity index (χ4n) is 1.27. The first-order chi connectivity index (χ1) is 6.31. The fraction of sp³-hybridized carbons (Fsp3) is 0.333. The molecule has 1 aromatic heterocycles. The average molecular weight is 177 g/mol. The van der Waals surface area contributed by atoms with Crippen LogP contribution < -0.4 is 5.73 Å². The van der Waals surface area contributed by atoms with Crippen LogP contribution in [0.15, 0.2) is 23.5 Å². The molecule has 68 valence electrons. The quantitative estimate of drug-likeness (QED) is 0.307. The lowest BCUT2D eigenvalue weighted by Crippen LogP contribution is -2.13. The van der Waals surface area contributed by atoms with Crippen molar-refractivity contribution >= 4 is 5.84 Å². The number of aromatic nitrogens is 1. The van der Waals surface area contributed by atoms with Crippen molar-refractivity contribution in [2.24, 2.45) is 10.9 Å². The van der Waals surface area contributed by atoms with Crippen LogP contribution in [0, 0.1) is 0 Å². The lowest BCUT2D eigenvalue weighted by atomic mass is 10.2. The second kappa shape index (κ2) is 3.05. The van der Waals surface area contributed by atoms with Crippen molar-refractivity contribution in [3.63, 3.8) is 0 Å². The zero-order chi connectivity index (χ0) is 9.26. The van der Waals surface area contributed by atoms with Gasteiger partial charge in [-0.15, -0.1) is 0 Å². The van der Waals surface area contributed by atoms with Crippen molar-refractivity contribution in [3.05, 3.63) is 29.6 Å². The van der Waals surface area contributed by atoms with Crippen molar-refractivity contribution in [2.75, 3.05) is 0 Å². The number of oxime groups is 1. The average Bonchev–Trinajstić information content (AvgIpc) is 3.00. The van der Waals surface area contributed by atoms with Crippen LogP contribution in [0.25, 0.3) is 0 Å². The Morgan fingerprint density at radius 3 is 3.00 bits per heavy atom. The molecule has 0 spiro atoms. The van der Waals surface area contributed by atoms with E-state index in [1.54, 1.807) is 12.3 Å². The van der Waals surface area contributed by atoms with Gasteiger partial charge >= 0.3 is 0 Å². The van der Waals surface area contributed by atoms with Crippen molar-refractivity contribution in [2.45, 2.75) is 18.8 Å². The van der Waals surface area contributed by atoms with Gasteiger partial charge in [0.25, 0.3) is 0 Å². The highest BCUT2D eigenvalue weighted by Gasteiger charge is 2.25. The Morgan fingerprint density at radius 2 is 2.38 bits per heavy atom. The van der Waals surface area contributed by atoms with Gasteiger partial charge in [0.15, 0.2) is 5.84 Å². The molecule has 0 unspecified atom stereocenters. The summed E-state index contributed by atoms with van der Waals surface area (Å²) in [4.78, 5) is 4.23. The zero-order valence-electron chi connectivity index (χ0n) is 7.14. The summed E-state index contributed by atoms with van der Waals surface area (Å²) in [6.45, 7) is 0. The van der Waals surface area contributed by atoms with E-state index in [0.717, 1.165) is 11.3 Å². The van der Waals surface area contributed by atoms with Crippen molar-refractivity contribution in [3.8, 4) is 0 Å². The number of amidine groups is 1. The van der Waals surface area contributed by atoms with E-state index < -0.39 is 0 Å². The minimum Gasteiger partial charge on any atom is -0.409 e. The molecule has 0 radical (unpaired) electrons. The van der Waals surface area contributed by atoms with Crippen LogP contribution in [-0.2, 0) is 0 Å². The molecule has 1 saturated carbocycles. The standard InChI is InChI=1S/C9H11N3O/c10-9(12-13)7-3-4-11-8(5-7)6-1-2-6/h3-6,13H,1-2H2,(H2,10,12). The Balaban J connectivity index is 2.31. The van der Waals surface area contributed by atoms with E-state index in [9.17, 15) is 0 Å². The van der Waals surface area contributed by atoms with Crippen LogP contribution in [0.4, 0.5) is 0 Å². The Labute approximate surface area is 76.1 Å². The maximum absolute atomic E-state index is 8.48. The first-order valence-corrected chi connectivity index (χ1v) is 4.25. The SMILES string of the molecule is N/C(=N\O)c1ccnc(C2CC2)c1. The Kier molecular flexibility index (Phi) is 1.88. The van der Waals surface area contributed by atoms with Crippen LogP contribution in [0.3, 0.4) is 0 Å². The van der Waals surface area contributed by atoms with E-state index in [4.69, 9.17) is 10.9 Å². The van der Waals surface area contributed by atoms with Crippen LogP contribution in [0.2, 0.25) is 0 Å². The van der Waals surface area contributed by atoms with E-state index in [2.05, 4.69) is 10.1 Å². The number of nitrogens with zero attached hydrogens (tertiary/aromatic N) is 2. The summed E-state index contributed by atoms with van der Waals surface area (Å²) < 4.78 is 0. The monoisotopic (exact) mass is 177 g/mol. The van der Waals surface area contributed by atoms with Crippen LogP contribution in [0.1, 0.15) is 30.0 Å². The topological polar surface area (TPSA) is 71.5 Å². The summed E-state index contributed by atoms with van der Waals surface area (Å²) in [6.07, 6.45) is 4.10. The van der Waals surface area contributed by atoms with Gasteiger partial charge < -0.3 is 10.9 Å². The first-order valence-electron chi connectivity index (χ1n) is 4.25.